The van der Waals surface area contributed by atoms with Crippen molar-refractivity contribution in [2.45, 2.75) is 64.8 Å². The number of amides is 2. The molecule has 0 unspecified atom stereocenters. The summed E-state index contributed by atoms with van der Waals surface area (Å²) in [6.07, 6.45) is 10.7. The number of benzene rings is 1. The van der Waals surface area contributed by atoms with Crippen molar-refractivity contribution >= 4 is 11.8 Å². The van der Waals surface area contributed by atoms with E-state index in [2.05, 4.69) is 32.0 Å². The first kappa shape index (κ1) is 16.9. The number of fused-ring (bicyclic) bond motifs is 1. The lowest BCUT2D eigenvalue weighted by atomic mass is 9.93. The monoisotopic (exact) mass is 325 g/mol. The predicted octanol–water partition coefficient (Wildman–Crippen LogP) is 4.36. The summed E-state index contributed by atoms with van der Waals surface area (Å²) in [5, 5.41) is 0. The maximum atomic E-state index is 12.2. The van der Waals surface area contributed by atoms with Crippen molar-refractivity contribution < 1.29 is 9.59 Å². The number of carbonyl (C=O) groups is 2. The Morgan fingerprint density at radius 3 is 2.42 bits per heavy atom. The number of imide groups is 1. The highest BCUT2D eigenvalue weighted by Crippen LogP contribution is 2.44. The summed E-state index contributed by atoms with van der Waals surface area (Å²) < 4.78 is 0. The fourth-order valence-corrected chi connectivity index (χ4v) is 4.07. The zero-order valence-corrected chi connectivity index (χ0v) is 14.8. The van der Waals surface area contributed by atoms with Gasteiger partial charge in [0.25, 0.3) is 11.8 Å². The Morgan fingerprint density at radius 1 is 1.04 bits per heavy atom. The van der Waals surface area contributed by atoms with Crippen LogP contribution in [0.25, 0.3) is 0 Å². The topological polar surface area (TPSA) is 37.4 Å². The largest absolute Gasteiger partial charge is 0.269 e. The lowest BCUT2D eigenvalue weighted by molar-refractivity contribution is -0.140. The van der Waals surface area contributed by atoms with E-state index >= 15 is 0 Å². The van der Waals surface area contributed by atoms with Gasteiger partial charge in [-0.25, -0.2) is 0 Å². The van der Waals surface area contributed by atoms with Crippen LogP contribution < -0.4 is 0 Å². The lowest BCUT2D eigenvalue weighted by Crippen LogP contribution is -2.36. The van der Waals surface area contributed by atoms with Crippen LogP contribution in [-0.2, 0) is 22.4 Å². The van der Waals surface area contributed by atoms with E-state index in [0.717, 1.165) is 32.1 Å². The maximum Gasteiger partial charge on any atom is 0.254 e. The minimum Gasteiger partial charge on any atom is -0.269 e. The molecule has 1 aliphatic heterocycles. The first-order valence-electron chi connectivity index (χ1n) is 9.32. The lowest BCUT2D eigenvalue weighted by Gasteiger charge is -2.28. The molecule has 0 spiro atoms. The second-order valence-corrected chi connectivity index (χ2v) is 7.07. The number of nitrogens with zero attached hydrogens (tertiary/aromatic N) is 1. The molecule has 0 saturated heterocycles. The molecule has 0 bridgehead atoms. The number of hydrogen-bond donors (Lipinski definition) is 0. The van der Waals surface area contributed by atoms with E-state index in [0.29, 0.717) is 5.92 Å². The quantitative estimate of drug-likeness (QED) is 0.699. The van der Waals surface area contributed by atoms with Crippen LogP contribution in [0.3, 0.4) is 0 Å². The highest BCUT2D eigenvalue weighted by atomic mass is 16.2. The van der Waals surface area contributed by atoms with Gasteiger partial charge in [0.1, 0.15) is 0 Å². The van der Waals surface area contributed by atoms with Crippen LogP contribution in [0, 0.1) is 5.92 Å². The molecule has 2 aliphatic rings. The van der Waals surface area contributed by atoms with E-state index < -0.39 is 0 Å². The highest BCUT2D eigenvalue weighted by Gasteiger charge is 2.41. The second kappa shape index (κ2) is 7.33. The summed E-state index contributed by atoms with van der Waals surface area (Å²) in [5.74, 6) is 0.0398. The first-order valence-corrected chi connectivity index (χ1v) is 9.32. The average molecular weight is 325 g/mol. The standard InChI is InChI=1S/C21H27NO2/c1-3-5-7-15-9-10-18-17(13-15)14-16(8-6-4-2)21(18)22-19(23)11-12-20(22)24/h9-13,16,21H,3-8,14H2,1-2H3/t16-,21-/m0/s1. The van der Waals surface area contributed by atoms with Gasteiger partial charge in [-0.15, -0.1) is 0 Å². The van der Waals surface area contributed by atoms with Crippen molar-refractivity contribution in [3.8, 4) is 0 Å². The maximum absolute atomic E-state index is 12.2. The van der Waals surface area contributed by atoms with Gasteiger partial charge in [-0.2, -0.15) is 0 Å². The van der Waals surface area contributed by atoms with Crippen molar-refractivity contribution in [1.82, 2.24) is 4.90 Å². The minimum absolute atomic E-state index is 0.0817. The summed E-state index contributed by atoms with van der Waals surface area (Å²) in [5.41, 5.74) is 3.90. The summed E-state index contributed by atoms with van der Waals surface area (Å²) in [4.78, 5) is 25.9. The summed E-state index contributed by atoms with van der Waals surface area (Å²) in [6, 6.07) is 6.57. The van der Waals surface area contributed by atoms with Crippen LogP contribution in [-0.4, -0.2) is 16.7 Å². The Balaban J connectivity index is 1.90. The van der Waals surface area contributed by atoms with Crippen molar-refractivity contribution in [1.29, 1.82) is 0 Å². The van der Waals surface area contributed by atoms with Gasteiger partial charge in [0.05, 0.1) is 6.04 Å². The van der Waals surface area contributed by atoms with Gasteiger partial charge in [0, 0.05) is 12.2 Å². The molecule has 0 radical (unpaired) electrons. The number of carbonyl (C=O) groups excluding carboxylic acids is 2. The van der Waals surface area contributed by atoms with Crippen molar-refractivity contribution in [3.05, 3.63) is 47.0 Å². The highest BCUT2D eigenvalue weighted by molar-refractivity contribution is 6.13. The Kier molecular flexibility index (Phi) is 5.17. The van der Waals surface area contributed by atoms with E-state index in [9.17, 15) is 9.59 Å². The van der Waals surface area contributed by atoms with E-state index in [-0.39, 0.29) is 17.9 Å². The molecule has 1 heterocycles. The molecule has 3 rings (SSSR count). The van der Waals surface area contributed by atoms with E-state index in [4.69, 9.17) is 0 Å². The molecule has 2 amide bonds. The third kappa shape index (κ3) is 3.17. The van der Waals surface area contributed by atoms with E-state index in [1.807, 2.05) is 0 Å². The van der Waals surface area contributed by atoms with Crippen molar-refractivity contribution in [2.75, 3.05) is 0 Å². The predicted molar refractivity (Wildman–Crippen MR) is 95.5 cm³/mol. The van der Waals surface area contributed by atoms with Gasteiger partial charge in [-0.1, -0.05) is 51.3 Å². The minimum atomic E-state index is -0.158. The molecule has 0 saturated carbocycles. The van der Waals surface area contributed by atoms with Crippen LogP contribution >= 0.6 is 0 Å². The normalized spacial score (nSPS) is 22.5. The molecule has 3 nitrogen and oxygen atoms in total. The van der Waals surface area contributed by atoms with Crippen LogP contribution in [0.1, 0.15) is 68.7 Å². The van der Waals surface area contributed by atoms with Crippen LogP contribution in [0.5, 0.6) is 0 Å². The number of rotatable bonds is 7. The molecule has 3 heteroatoms. The third-order valence-corrected chi connectivity index (χ3v) is 5.32. The van der Waals surface area contributed by atoms with Crippen LogP contribution in [0.2, 0.25) is 0 Å². The summed E-state index contributed by atoms with van der Waals surface area (Å²) in [6.45, 7) is 4.40. The fourth-order valence-electron chi connectivity index (χ4n) is 4.07. The molecule has 0 N–H and O–H groups in total. The SMILES string of the molecule is CCCCc1ccc2c(c1)C[C@H](CCCC)[C@@H]2N1C(=O)C=CC1=O. The molecule has 1 aliphatic carbocycles. The molecule has 1 aromatic rings. The zero-order valence-electron chi connectivity index (χ0n) is 14.8. The smallest absolute Gasteiger partial charge is 0.254 e. The van der Waals surface area contributed by atoms with Crippen molar-refractivity contribution in [3.63, 3.8) is 0 Å². The zero-order chi connectivity index (χ0) is 17.1. The van der Waals surface area contributed by atoms with Gasteiger partial charge in [-0.3, -0.25) is 14.5 Å². The number of aryl methyl sites for hydroxylation is 1. The molecule has 1 aromatic carbocycles. The van der Waals surface area contributed by atoms with Gasteiger partial charge >= 0.3 is 0 Å². The fraction of sp³-hybridized carbons (Fsp3) is 0.524. The van der Waals surface area contributed by atoms with Crippen molar-refractivity contribution in [2.24, 2.45) is 5.92 Å². The van der Waals surface area contributed by atoms with Crippen LogP contribution in [0.4, 0.5) is 0 Å². The summed E-state index contributed by atoms with van der Waals surface area (Å²) in [7, 11) is 0. The molecule has 2 atom stereocenters. The van der Waals surface area contributed by atoms with E-state index in [1.165, 1.54) is 46.6 Å². The molecule has 0 fully saturated rings. The van der Waals surface area contributed by atoms with Gasteiger partial charge in [-0.05, 0) is 48.3 Å². The Labute approximate surface area is 144 Å². The molecular formula is C21H27NO2. The Hall–Kier alpha value is -1.90. The van der Waals surface area contributed by atoms with Gasteiger partial charge in [0.2, 0.25) is 0 Å². The van der Waals surface area contributed by atoms with Crippen LogP contribution in [0.15, 0.2) is 30.4 Å². The Bertz CT molecular complexity index is 644. The number of unbranched alkanes of at least 4 members (excludes halogenated alkanes) is 2. The molecule has 24 heavy (non-hydrogen) atoms. The molecular weight excluding hydrogens is 298 g/mol. The Morgan fingerprint density at radius 2 is 1.75 bits per heavy atom. The number of hydrogen-bond acceptors (Lipinski definition) is 2. The first-order chi connectivity index (χ1) is 11.7. The van der Waals surface area contributed by atoms with Gasteiger partial charge < -0.3 is 0 Å². The third-order valence-electron chi connectivity index (χ3n) is 5.32. The average Bonchev–Trinajstić information content (AvgIpc) is 3.09. The van der Waals surface area contributed by atoms with E-state index in [1.54, 1.807) is 0 Å². The molecule has 128 valence electrons. The molecule has 0 aromatic heterocycles. The second-order valence-electron chi connectivity index (χ2n) is 7.07. The van der Waals surface area contributed by atoms with Gasteiger partial charge in [0.15, 0.2) is 0 Å². The summed E-state index contributed by atoms with van der Waals surface area (Å²) >= 11 is 0.